The second-order valence-corrected chi connectivity index (χ2v) is 4.00. The molecule has 2 rings (SSSR count). The SMILES string of the molecule is c1c[nH]c(OCCCN2CCCCC2)n1. The lowest BCUT2D eigenvalue weighted by Gasteiger charge is -2.26. The summed E-state index contributed by atoms with van der Waals surface area (Å²) < 4.78 is 5.44. The van der Waals surface area contributed by atoms with Crippen LogP contribution < -0.4 is 4.74 Å². The normalized spacial score (nSPS) is 17.9. The molecule has 2 heterocycles. The van der Waals surface area contributed by atoms with E-state index in [1.807, 2.05) is 0 Å². The van der Waals surface area contributed by atoms with Crippen LogP contribution in [-0.4, -0.2) is 41.1 Å². The summed E-state index contributed by atoms with van der Waals surface area (Å²) in [5, 5.41) is 0. The topological polar surface area (TPSA) is 41.1 Å². The van der Waals surface area contributed by atoms with Crippen molar-refractivity contribution in [3.8, 4) is 6.01 Å². The van der Waals surface area contributed by atoms with Crippen LogP contribution in [0.1, 0.15) is 25.7 Å². The maximum absolute atomic E-state index is 5.44. The van der Waals surface area contributed by atoms with E-state index in [0.717, 1.165) is 19.6 Å². The lowest BCUT2D eigenvalue weighted by Crippen LogP contribution is -2.31. The summed E-state index contributed by atoms with van der Waals surface area (Å²) in [6.45, 7) is 4.44. The van der Waals surface area contributed by atoms with Crippen LogP contribution in [0, 0.1) is 0 Å². The molecule has 1 aliphatic heterocycles. The Morgan fingerprint density at radius 2 is 2.20 bits per heavy atom. The van der Waals surface area contributed by atoms with Gasteiger partial charge < -0.3 is 14.6 Å². The van der Waals surface area contributed by atoms with Gasteiger partial charge in [-0.25, -0.2) is 4.98 Å². The Bertz CT molecular complexity index is 255. The van der Waals surface area contributed by atoms with Crippen LogP contribution >= 0.6 is 0 Å². The van der Waals surface area contributed by atoms with Gasteiger partial charge in [-0.3, -0.25) is 0 Å². The number of hydrogen-bond acceptors (Lipinski definition) is 3. The molecule has 0 bridgehead atoms. The van der Waals surface area contributed by atoms with Gasteiger partial charge in [0.2, 0.25) is 0 Å². The largest absolute Gasteiger partial charge is 0.465 e. The molecule has 0 aliphatic carbocycles. The van der Waals surface area contributed by atoms with Gasteiger partial charge in [0.25, 0.3) is 6.01 Å². The minimum absolute atomic E-state index is 0.633. The minimum Gasteiger partial charge on any atom is -0.465 e. The highest BCUT2D eigenvalue weighted by atomic mass is 16.5. The van der Waals surface area contributed by atoms with Crippen LogP contribution in [0.3, 0.4) is 0 Å². The molecule has 0 spiro atoms. The molecular weight excluding hydrogens is 190 g/mol. The van der Waals surface area contributed by atoms with E-state index in [-0.39, 0.29) is 0 Å². The fraction of sp³-hybridized carbons (Fsp3) is 0.727. The van der Waals surface area contributed by atoms with Gasteiger partial charge in [0.1, 0.15) is 0 Å². The van der Waals surface area contributed by atoms with E-state index >= 15 is 0 Å². The predicted octanol–water partition coefficient (Wildman–Crippen LogP) is 1.66. The van der Waals surface area contributed by atoms with Crippen molar-refractivity contribution in [2.24, 2.45) is 0 Å². The molecule has 0 aromatic carbocycles. The zero-order valence-corrected chi connectivity index (χ0v) is 9.11. The molecule has 1 aliphatic rings. The molecule has 0 radical (unpaired) electrons. The number of nitrogens with one attached hydrogen (secondary N) is 1. The van der Waals surface area contributed by atoms with Gasteiger partial charge in [-0.05, 0) is 32.4 Å². The first-order valence-electron chi connectivity index (χ1n) is 5.80. The van der Waals surface area contributed by atoms with E-state index in [1.165, 1.54) is 32.4 Å². The molecule has 84 valence electrons. The molecule has 1 fully saturated rings. The van der Waals surface area contributed by atoms with Crippen molar-refractivity contribution in [2.45, 2.75) is 25.7 Å². The fourth-order valence-corrected chi connectivity index (χ4v) is 1.97. The number of ether oxygens (including phenoxy) is 1. The van der Waals surface area contributed by atoms with Crippen molar-refractivity contribution < 1.29 is 4.74 Å². The summed E-state index contributed by atoms with van der Waals surface area (Å²) in [7, 11) is 0. The van der Waals surface area contributed by atoms with Gasteiger partial charge in [0.15, 0.2) is 0 Å². The fourth-order valence-electron chi connectivity index (χ4n) is 1.97. The van der Waals surface area contributed by atoms with Crippen molar-refractivity contribution >= 4 is 0 Å². The Kier molecular flexibility index (Phi) is 4.02. The summed E-state index contributed by atoms with van der Waals surface area (Å²) in [4.78, 5) is 9.46. The number of H-pyrrole nitrogens is 1. The Balaban J connectivity index is 1.54. The van der Waals surface area contributed by atoms with Crippen molar-refractivity contribution in [3.63, 3.8) is 0 Å². The highest BCUT2D eigenvalue weighted by Crippen LogP contribution is 2.08. The van der Waals surface area contributed by atoms with Crippen molar-refractivity contribution in [2.75, 3.05) is 26.2 Å². The number of aromatic nitrogens is 2. The smallest absolute Gasteiger partial charge is 0.293 e. The van der Waals surface area contributed by atoms with Crippen LogP contribution in [0.5, 0.6) is 6.01 Å². The zero-order chi connectivity index (χ0) is 10.3. The Hall–Kier alpha value is -1.03. The lowest BCUT2D eigenvalue weighted by molar-refractivity contribution is 0.201. The number of hydrogen-bond donors (Lipinski definition) is 1. The van der Waals surface area contributed by atoms with Crippen LogP contribution in [0.25, 0.3) is 0 Å². The van der Waals surface area contributed by atoms with Crippen LogP contribution in [-0.2, 0) is 0 Å². The van der Waals surface area contributed by atoms with E-state index in [1.54, 1.807) is 12.4 Å². The van der Waals surface area contributed by atoms with Gasteiger partial charge in [0, 0.05) is 18.9 Å². The van der Waals surface area contributed by atoms with E-state index in [2.05, 4.69) is 14.9 Å². The van der Waals surface area contributed by atoms with Gasteiger partial charge in [-0.15, -0.1) is 0 Å². The van der Waals surface area contributed by atoms with Gasteiger partial charge in [-0.2, -0.15) is 0 Å². The average molecular weight is 209 g/mol. The van der Waals surface area contributed by atoms with Gasteiger partial charge in [-0.1, -0.05) is 6.42 Å². The Labute approximate surface area is 90.6 Å². The van der Waals surface area contributed by atoms with Crippen LogP contribution in [0.15, 0.2) is 12.4 Å². The second-order valence-electron chi connectivity index (χ2n) is 4.00. The molecule has 1 aromatic heterocycles. The van der Waals surface area contributed by atoms with E-state index in [4.69, 9.17) is 4.74 Å². The standard InChI is InChI=1S/C11H19N3O/c1-2-7-14(8-3-1)9-4-10-15-11-12-5-6-13-11/h5-6H,1-4,7-10H2,(H,12,13). The number of rotatable bonds is 5. The summed E-state index contributed by atoms with van der Waals surface area (Å²) in [5.41, 5.74) is 0. The monoisotopic (exact) mass is 209 g/mol. The molecule has 0 saturated carbocycles. The first-order chi connectivity index (χ1) is 7.45. The van der Waals surface area contributed by atoms with Gasteiger partial charge in [0.05, 0.1) is 6.61 Å². The third-order valence-electron chi connectivity index (χ3n) is 2.78. The Morgan fingerprint density at radius 1 is 1.33 bits per heavy atom. The third kappa shape index (κ3) is 3.55. The van der Waals surface area contributed by atoms with E-state index in [9.17, 15) is 0 Å². The third-order valence-corrected chi connectivity index (χ3v) is 2.78. The summed E-state index contributed by atoms with van der Waals surface area (Å²) in [6, 6.07) is 0.633. The molecule has 15 heavy (non-hydrogen) atoms. The van der Waals surface area contributed by atoms with Crippen molar-refractivity contribution in [3.05, 3.63) is 12.4 Å². The van der Waals surface area contributed by atoms with Gasteiger partial charge >= 0.3 is 0 Å². The maximum Gasteiger partial charge on any atom is 0.293 e. The number of imidazole rings is 1. The number of likely N-dealkylation sites (tertiary alicyclic amines) is 1. The maximum atomic E-state index is 5.44. The molecule has 4 nitrogen and oxygen atoms in total. The highest BCUT2D eigenvalue weighted by molar-refractivity contribution is 4.91. The van der Waals surface area contributed by atoms with Crippen molar-refractivity contribution in [1.29, 1.82) is 0 Å². The number of aromatic amines is 1. The summed E-state index contributed by atoms with van der Waals surface area (Å²) >= 11 is 0. The molecule has 1 saturated heterocycles. The lowest BCUT2D eigenvalue weighted by atomic mass is 10.1. The van der Waals surface area contributed by atoms with Crippen molar-refractivity contribution in [1.82, 2.24) is 14.9 Å². The Morgan fingerprint density at radius 3 is 2.93 bits per heavy atom. The average Bonchev–Trinajstić information content (AvgIpc) is 2.79. The summed E-state index contributed by atoms with van der Waals surface area (Å²) in [5.74, 6) is 0. The first-order valence-corrected chi connectivity index (χ1v) is 5.80. The van der Waals surface area contributed by atoms with Crippen LogP contribution in [0.4, 0.5) is 0 Å². The first kappa shape index (κ1) is 10.5. The van der Waals surface area contributed by atoms with Crippen LogP contribution in [0.2, 0.25) is 0 Å². The predicted molar refractivity (Wildman–Crippen MR) is 59.0 cm³/mol. The molecule has 1 aromatic rings. The minimum atomic E-state index is 0.633. The second kappa shape index (κ2) is 5.75. The number of piperidine rings is 1. The molecule has 4 heteroatoms. The quantitative estimate of drug-likeness (QED) is 0.750. The molecule has 0 atom stereocenters. The molecular formula is C11H19N3O. The highest BCUT2D eigenvalue weighted by Gasteiger charge is 2.08. The molecule has 1 N–H and O–H groups in total. The summed E-state index contributed by atoms with van der Waals surface area (Å²) in [6.07, 6.45) is 8.69. The van der Waals surface area contributed by atoms with E-state index in [0.29, 0.717) is 6.01 Å². The molecule has 0 unspecified atom stereocenters. The number of nitrogens with zero attached hydrogens (tertiary/aromatic N) is 2. The zero-order valence-electron chi connectivity index (χ0n) is 9.11. The molecule has 0 amide bonds. The van der Waals surface area contributed by atoms with E-state index < -0.39 is 0 Å².